The zero-order chi connectivity index (χ0) is 19.5. The molecule has 0 spiro atoms. The summed E-state index contributed by atoms with van der Waals surface area (Å²) >= 11 is 0. The Morgan fingerprint density at radius 2 is 1.93 bits per heavy atom. The first-order valence-corrected chi connectivity index (χ1v) is 9.73. The van der Waals surface area contributed by atoms with Crippen LogP contribution in [0.4, 0.5) is 0 Å². The summed E-state index contributed by atoms with van der Waals surface area (Å²) in [5.41, 5.74) is 0.786. The number of aryl methyl sites for hydroxylation is 1. The maximum Gasteiger partial charge on any atom is 0.336 e. The molecule has 144 valence electrons. The molecule has 1 saturated heterocycles. The molecule has 1 aromatic heterocycles. The van der Waals surface area contributed by atoms with Gasteiger partial charge in [0.05, 0.1) is 22.8 Å². The third-order valence-electron chi connectivity index (χ3n) is 5.79. The maximum absolute atomic E-state index is 13.2. The van der Waals surface area contributed by atoms with E-state index in [-0.39, 0.29) is 23.7 Å². The third kappa shape index (κ3) is 2.80. The van der Waals surface area contributed by atoms with E-state index in [9.17, 15) is 9.59 Å². The van der Waals surface area contributed by atoms with Gasteiger partial charge in [-0.3, -0.25) is 4.79 Å². The lowest BCUT2D eigenvalue weighted by atomic mass is 9.77. The first-order chi connectivity index (χ1) is 12.7. The molecule has 3 heterocycles. The predicted molar refractivity (Wildman–Crippen MR) is 101 cm³/mol. The highest BCUT2D eigenvalue weighted by Gasteiger charge is 2.47. The van der Waals surface area contributed by atoms with Crippen LogP contribution in [0.15, 0.2) is 27.4 Å². The number of ether oxygens (including phenoxy) is 2. The van der Waals surface area contributed by atoms with Crippen LogP contribution in [0.3, 0.4) is 0 Å². The highest BCUT2D eigenvalue weighted by atomic mass is 16.5. The molecule has 0 bridgehead atoms. The molecular weight excluding hydrogens is 344 g/mol. The maximum atomic E-state index is 13.2. The van der Waals surface area contributed by atoms with Crippen molar-refractivity contribution in [3.8, 4) is 0 Å². The quantitative estimate of drug-likeness (QED) is 0.743. The van der Waals surface area contributed by atoms with Crippen LogP contribution in [0.1, 0.15) is 46.6 Å². The van der Waals surface area contributed by atoms with E-state index in [0.29, 0.717) is 11.0 Å². The predicted octanol–water partition coefficient (Wildman–Crippen LogP) is 1.84. The van der Waals surface area contributed by atoms with Crippen molar-refractivity contribution in [3.05, 3.63) is 44.8 Å². The second-order valence-electron chi connectivity index (χ2n) is 8.33. The summed E-state index contributed by atoms with van der Waals surface area (Å²) in [5.74, 6) is 0.264. The van der Waals surface area contributed by atoms with Crippen LogP contribution in [-0.2, 0) is 20.7 Å². The van der Waals surface area contributed by atoms with E-state index < -0.39 is 17.3 Å². The zero-order valence-corrected chi connectivity index (χ0v) is 16.5. The van der Waals surface area contributed by atoms with Crippen molar-refractivity contribution in [1.82, 2.24) is 0 Å². The van der Waals surface area contributed by atoms with E-state index in [1.165, 1.54) is 6.07 Å². The zero-order valence-electron chi connectivity index (χ0n) is 16.5. The van der Waals surface area contributed by atoms with E-state index in [1.807, 2.05) is 33.8 Å². The molecule has 1 aliphatic carbocycles. The Hall–Kier alpha value is -2.14. The van der Waals surface area contributed by atoms with Crippen molar-refractivity contribution in [1.29, 1.82) is 0 Å². The van der Waals surface area contributed by atoms with Crippen LogP contribution < -0.4 is 16.3 Å². The summed E-state index contributed by atoms with van der Waals surface area (Å²) in [7, 11) is 0. The van der Waals surface area contributed by atoms with Gasteiger partial charge in [0.25, 0.3) is 0 Å². The van der Waals surface area contributed by atoms with Gasteiger partial charge < -0.3 is 13.9 Å². The largest absolute Gasteiger partial charge is 0.487 e. The van der Waals surface area contributed by atoms with E-state index in [0.717, 1.165) is 29.4 Å². The molecule has 2 unspecified atom stereocenters. The van der Waals surface area contributed by atoms with Gasteiger partial charge in [-0.1, -0.05) is 26.3 Å². The highest BCUT2D eigenvalue weighted by molar-refractivity contribution is 6.18. The van der Waals surface area contributed by atoms with Crippen molar-refractivity contribution in [2.45, 2.75) is 65.3 Å². The van der Waals surface area contributed by atoms with Crippen molar-refractivity contribution in [2.24, 2.45) is 11.8 Å². The average Bonchev–Trinajstić information content (AvgIpc) is 2.58. The van der Waals surface area contributed by atoms with Crippen LogP contribution in [0.25, 0.3) is 11.3 Å². The molecule has 4 atom stereocenters. The number of hydrogen-bond acceptors (Lipinski definition) is 5. The minimum absolute atomic E-state index is 0.00548. The first-order valence-electron chi connectivity index (χ1n) is 9.73. The summed E-state index contributed by atoms with van der Waals surface area (Å²) in [5, 5.41) is 0.767. The SMILES string of the molecule is CCCc1cc(=O)oc2c1=C1OC(C)(C)C=CC1C1O[C@H](C)[C@H](C)C(=O)C=21. The molecule has 0 N–H and O–H groups in total. The monoisotopic (exact) mass is 370 g/mol. The fraction of sp³-hybridized carbons (Fsp3) is 0.545. The number of ketones is 1. The fourth-order valence-electron chi connectivity index (χ4n) is 4.25. The highest BCUT2D eigenvalue weighted by Crippen LogP contribution is 2.40. The summed E-state index contributed by atoms with van der Waals surface area (Å²) in [6.07, 6.45) is 4.99. The van der Waals surface area contributed by atoms with Crippen molar-refractivity contribution in [2.75, 3.05) is 0 Å². The lowest BCUT2D eigenvalue weighted by Gasteiger charge is -2.42. The van der Waals surface area contributed by atoms with E-state index in [4.69, 9.17) is 13.9 Å². The van der Waals surface area contributed by atoms with Gasteiger partial charge in [0.15, 0.2) is 11.2 Å². The molecule has 3 aliphatic rings. The molecule has 0 aromatic carbocycles. The summed E-state index contributed by atoms with van der Waals surface area (Å²) in [6, 6.07) is 1.53. The number of hydrogen-bond donors (Lipinski definition) is 0. The fourth-order valence-corrected chi connectivity index (χ4v) is 4.25. The Kier molecular flexibility index (Phi) is 4.18. The van der Waals surface area contributed by atoms with Crippen LogP contribution in [0.2, 0.25) is 0 Å². The number of fused-ring (bicyclic) bond motifs is 4. The van der Waals surface area contributed by atoms with Gasteiger partial charge in [0, 0.05) is 12.0 Å². The molecule has 0 saturated carbocycles. The number of Topliss-reactive ketones (excluding diaryl/α,β-unsaturated/α-hetero) is 1. The smallest absolute Gasteiger partial charge is 0.336 e. The van der Waals surface area contributed by atoms with Crippen LogP contribution in [0, 0.1) is 11.8 Å². The molecule has 5 heteroatoms. The minimum Gasteiger partial charge on any atom is -0.487 e. The van der Waals surface area contributed by atoms with Crippen LogP contribution in [0.5, 0.6) is 0 Å². The lowest BCUT2D eigenvalue weighted by molar-refractivity contribution is -0.130. The normalized spacial score (nSPS) is 31.1. The van der Waals surface area contributed by atoms with E-state index in [1.54, 1.807) is 0 Å². The molecule has 4 rings (SSSR count). The molecule has 1 aromatic rings. The third-order valence-corrected chi connectivity index (χ3v) is 5.79. The molecule has 0 radical (unpaired) electrons. The Morgan fingerprint density at radius 1 is 1.19 bits per heavy atom. The number of rotatable bonds is 2. The van der Waals surface area contributed by atoms with Gasteiger partial charge in [-0.25, -0.2) is 4.79 Å². The Labute approximate surface area is 158 Å². The lowest BCUT2D eigenvalue weighted by Crippen LogP contribution is -2.55. The molecule has 27 heavy (non-hydrogen) atoms. The molecule has 5 nitrogen and oxygen atoms in total. The summed E-state index contributed by atoms with van der Waals surface area (Å²) in [4.78, 5) is 25.4. The van der Waals surface area contributed by atoms with Crippen LogP contribution >= 0.6 is 0 Å². The van der Waals surface area contributed by atoms with Gasteiger partial charge in [0.1, 0.15) is 17.5 Å². The van der Waals surface area contributed by atoms with Crippen molar-refractivity contribution < 1.29 is 18.7 Å². The van der Waals surface area contributed by atoms with Gasteiger partial charge >= 0.3 is 5.63 Å². The Bertz CT molecular complexity index is 1010. The van der Waals surface area contributed by atoms with Gasteiger partial charge in [-0.05, 0) is 38.8 Å². The Balaban J connectivity index is 2.15. The van der Waals surface area contributed by atoms with Crippen molar-refractivity contribution in [3.63, 3.8) is 0 Å². The summed E-state index contributed by atoms with van der Waals surface area (Å²) < 4.78 is 18.2. The van der Waals surface area contributed by atoms with Gasteiger partial charge in [-0.15, -0.1) is 0 Å². The summed E-state index contributed by atoms with van der Waals surface area (Å²) in [6.45, 7) is 9.81. The van der Waals surface area contributed by atoms with E-state index in [2.05, 4.69) is 13.0 Å². The first kappa shape index (κ1) is 18.2. The molecular formula is C22H26O5. The van der Waals surface area contributed by atoms with Gasteiger partial charge in [0.2, 0.25) is 0 Å². The second kappa shape index (κ2) is 6.20. The molecule has 2 aliphatic heterocycles. The standard InChI is InChI=1S/C22H26O5/c1-6-7-13-10-15(23)26-21-16(13)20-14(8-9-22(4,5)27-20)19-17(21)18(24)11(2)12(3)25-19/h8-12,14,19H,6-7H2,1-5H3/t11-,12+,14?,19?/m0/s1. The Morgan fingerprint density at radius 3 is 2.63 bits per heavy atom. The van der Waals surface area contributed by atoms with Crippen molar-refractivity contribution >= 4 is 17.1 Å². The molecule has 1 fully saturated rings. The molecule has 0 amide bonds. The second-order valence-corrected chi connectivity index (χ2v) is 8.33. The average molecular weight is 370 g/mol. The van der Waals surface area contributed by atoms with Crippen LogP contribution in [-0.4, -0.2) is 23.6 Å². The van der Waals surface area contributed by atoms with E-state index >= 15 is 0 Å². The number of carbonyl (C=O) groups excluding carboxylic acids is 1. The minimum atomic E-state index is -0.487. The number of carbonyl (C=O) groups is 1. The topological polar surface area (TPSA) is 65.7 Å². The van der Waals surface area contributed by atoms with Gasteiger partial charge in [-0.2, -0.15) is 0 Å².